The Hall–Kier alpha value is -1.10. The zero-order chi connectivity index (χ0) is 15.6. The molecule has 0 aromatic carbocycles. The van der Waals surface area contributed by atoms with Gasteiger partial charge in [-0.25, -0.2) is 0 Å². The number of nitrogens with zero attached hydrogens (tertiary/aromatic N) is 1. The number of nitrogens with one attached hydrogen (secondary N) is 1. The summed E-state index contributed by atoms with van der Waals surface area (Å²) < 4.78 is 0. The van der Waals surface area contributed by atoms with Crippen molar-refractivity contribution in [2.24, 2.45) is 17.3 Å². The van der Waals surface area contributed by atoms with Gasteiger partial charge in [-0.1, -0.05) is 20.8 Å². The maximum atomic E-state index is 12.2. The highest BCUT2D eigenvalue weighted by Gasteiger charge is 2.36. The predicted octanol–water partition coefficient (Wildman–Crippen LogP) is 1.16. The largest absolute Gasteiger partial charge is 0.391 e. The molecule has 2 atom stereocenters. The van der Waals surface area contributed by atoms with Crippen LogP contribution in [0.5, 0.6) is 0 Å². The highest BCUT2D eigenvalue weighted by molar-refractivity contribution is 5.83. The summed E-state index contributed by atoms with van der Waals surface area (Å²) in [6.45, 7) is 7.42. The fourth-order valence-corrected chi connectivity index (χ4v) is 2.63. The molecule has 2 N–H and O–H groups in total. The van der Waals surface area contributed by atoms with E-state index in [1.807, 2.05) is 25.7 Å². The molecule has 5 nitrogen and oxygen atoms in total. The highest BCUT2D eigenvalue weighted by Crippen LogP contribution is 2.32. The molecule has 0 spiro atoms. The van der Waals surface area contributed by atoms with Crippen molar-refractivity contribution in [1.82, 2.24) is 10.2 Å². The van der Waals surface area contributed by atoms with Crippen LogP contribution in [-0.4, -0.2) is 47.6 Å². The van der Waals surface area contributed by atoms with Gasteiger partial charge in [0.25, 0.3) is 0 Å². The monoisotopic (exact) mass is 296 g/mol. The Morgan fingerprint density at radius 3 is 2.48 bits per heavy atom. The second-order valence-corrected chi connectivity index (χ2v) is 7.52. The standard InChI is InChI=1S/C16H28N2O3/c1-16(2,3)13(19)9-17-14(20)12-5-4-8-18(10-12)15(21)11-6-7-11/h11-13,19H,4-10H2,1-3H3,(H,17,20). The van der Waals surface area contributed by atoms with Gasteiger partial charge in [0, 0.05) is 25.6 Å². The van der Waals surface area contributed by atoms with Crippen molar-refractivity contribution in [2.45, 2.75) is 52.6 Å². The lowest BCUT2D eigenvalue weighted by Crippen LogP contribution is -2.48. The first-order valence-electron chi connectivity index (χ1n) is 8.03. The molecule has 1 heterocycles. The lowest BCUT2D eigenvalue weighted by molar-refractivity contribution is -0.137. The number of rotatable bonds is 4. The molecule has 0 aromatic rings. The minimum Gasteiger partial charge on any atom is -0.391 e. The van der Waals surface area contributed by atoms with E-state index < -0.39 is 6.10 Å². The maximum absolute atomic E-state index is 12.2. The van der Waals surface area contributed by atoms with Gasteiger partial charge in [-0.05, 0) is 31.1 Å². The molecule has 2 aliphatic rings. The molecule has 0 aromatic heterocycles. The first-order chi connectivity index (χ1) is 9.79. The van der Waals surface area contributed by atoms with Crippen LogP contribution >= 0.6 is 0 Å². The Labute approximate surface area is 127 Å². The molecule has 2 fully saturated rings. The van der Waals surface area contributed by atoms with Crippen LogP contribution in [0, 0.1) is 17.3 Å². The molecule has 2 amide bonds. The van der Waals surface area contributed by atoms with Crippen LogP contribution in [0.4, 0.5) is 0 Å². The van der Waals surface area contributed by atoms with Gasteiger partial charge < -0.3 is 15.3 Å². The number of carbonyl (C=O) groups is 2. The number of hydrogen-bond donors (Lipinski definition) is 2. The van der Waals surface area contributed by atoms with Crippen LogP contribution in [-0.2, 0) is 9.59 Å². The van der Waals surface area contributed by atoms with Crippen molar-refractivity contribution in [1.29, 1.82) is 0 Å². The van der Waals surface area contributed by atoms with Crippen LogP contribution in [0.1, 0.15) is 46.5 Å². The Balaban J connectivity index is 1.80. The molecule has 120 valence electrons. The first kappa shape index (κ1) is 16.3. The van der Waals surface area contributed by atoms with Gasteiger partial charge in [-0.2, -0.15) is 0 Å². The molecule has 5 heteroatoms. The van der Waals surface area contributed by atoms with Crippen LogP contribution in [0.3, 0.4) is 0 Å². The molecule has 1 aliphatic carbocycles. The highest BCUT2D eigenvalue weighted by atomic mass is 16.3. The number of aliphatic hydroxyl groups is 1. The van der Waals surface area contributed by atoms with Crippen molar-refractivity contribution in [3.05, 3.63) is 0 Å². The summed E-state index contributed by atoms with van der Waals surface area (Å²) in [4.78, 5) is 26.2. The molecule has 1 saturated heterocycles. The molecule has 1 saturated carbocycles. The summed E-state index contributed by atoms with van der Waals surface area (Å²) in [7, 11) is 0. The normalized spacial score (nSPS) is 24.6. The van der Waals surface area contributed by atoms with E-state index in [0.29, 0.717) is 6.54 Å². The fourth-order valence-electron chi connectivity index (χ4n) is 2.63. The van der Waals surface area contributed by atoms with E-state index in [1.54, 1.807) is 0 Å². The number of likely N-dealkylation sites (tertiary alicyclic amines) is 1. The van der Waals surface area contributed by atoms with E-state index in [4.69, 9.17) is 0 Å². The van der Waals surface area contributed by atoms with E-state index in [-0.39, 0.29) is 35.6 Å². The minimum absolute atomic E-state index is 0.0356. The SMILES string of the molecule is CC(C)(C)C(O)CNC(=O)C1CCCN(C(=O)C2CC2)C1. The predicted molar refractivity (Wildman–Crippen MR) is 80.5 cm³/mol. The van der Waals surface area contributed by atoms with E-state index in [0.717, 1.165) is 32.2 Å². The van der Waals surface area contributed by atoms with E-state index in [9.17, 15) is 14.7 Å². The van der Waals surface area contributed by atoms with Gasteiger partial charge in [-0.15, -0.1) is 0 Å². The smallest absolute Gasteiger partial charge is 0.225 e. The molecule has 2 rings (SSSR count). The van der Waals surface area contributed by atoms with Crippen LogP contribution in [0.15, 0.2) is 0 Å². The minimum atomic E-state index is -0.561. The third kappa shape index (κ3) is 4.43. The van der Waals surface area contributed by atoms with E-state index in [1.165, 1.54) is 0 Å². The van der Waals surface area contributed by atoms with Crippen LogP contribution in [0.25, 0.3) is 0 Å². The van der Waals surface area contributed by atoms with Crippen molar-refractivity contribution in [2.75, 3.05) is 19.6 Å². The number of piperidine rings is 1. The van der Waals surface area contributed by atoms with Gasteiger partial charge in [0.15, 0.2) is 0 Å². The quantitative estimate of drug-likeness (QED) is 0.818. The van der Waals surface area contributed by atoms with E-state index >= 15 is 0 Å². The molecule has 0 bridgehead atoms. The lowest BCUT2D eigenvalue weighted by Gasteiger charge is -2.33. The van der Waals surface area contributed by atoms with Gasteiger partial charge in [0.2, 0.25) is 11.8 Å². The molecule has 2 unspecified atom stereocenters. The summed E-state index contributed by atoms with van der Waals surface area (Å²) in [6.07, 6.45) is 3.16. The summed E-state index contributed by atoms with van der Waals surface area (Å²) in [5.41, 5.74) is -0.242. The summed E-state index contributed by atoms with van der Waals surface area (Å²) in [5.74, 6) is 0.275. The Morgan fingerprint density at radius 2 is 1.90 bits per heavy atom. The lowest BCUT2D eigenvalue weighted by atomic mass is 9.89. The zero-order valence-electron chi connectivity index (χ0n) is 13.4. The number of carbonyl (C=O) groups excluding carboxylic acids is 2. The molecular formula is C16H28N2O3. The number of aliphatic hydroxyl groups excluding tert-OH is 1. The van der Waals surface area contributed by atoms with Gasteiger partial charge in [0.05, 0.1) is 12.0 Å². The molecule has 1 aliphatic heterocycles. The van der Waals surface area contributed by atoms with Crippen LogP contribution in [0.2, 0.25) is 0 Å². The Kier molecular flexibility index (Phi) is 4.91. The fraction of sp³-hybridized carbons (Fsp3) is 0.875. The zero-order valence-corrected chi connectivity index (χ0v) is 13.4. The third-order valence-corrected chi connectivity index (χ3v) is 4.50. The Morgan fingerprint density at radius 1 is 1.24 bits per heavy atom. The van der Waals surface area contributed by atoms with Gasteiger partial charge in [-0.3, -0.25) is 9.59 Å². The summed E-state index contributed by atoms with van der Waals surface area (Å²) in [6, 6.07) is 0. The summed E-state index contributed by atoms with van der Waals surface area (Å²) in [5, 5.41) is 12.8. The van der Waals surface area contributed by atoms with Crippen molar-refractivity contribution >= 4 is 11.8 Å². The second-order valence-electron chi connectivity index (χ2n) is 7.52. The average molecular weight is 296 g/mol. The van der Waals surface area contributed by atoms with Crippen molar-refractivity contribution in [3.8, 4) is 0 Å². The molecule has 0 radical (unpaired) electrons. The third-order valence-electron chi connectivity index (χ3n) is 4.50. The maximum Gasteiger partial charge on any atom is 0.225 e. The van der Waals surface area contributed by atoms with Gasteiger partial charge >= 0.3 is 0 Å². The first-order valence-corrected chi connectivity index (χ1v) is 8.03. The second kappa shape index (κ2) is 6.34. The van der Waals surface area contributed by atoms with Crippen molar-refractivity contribution in [3.63, 3.8) is 0 Å². The average Bonchev–Trinajstić information content (AvgIpc) is 3.27. The van der Waals surface area contributed by atoms with Crippen LogP contribution < -0.4 is 5.32 Å². The molecule has 21 heavy (non-hydrogen) atoms. The number of amides is 2. The Bertz CT molecular complexity index is 399. The van der Waals surface area contributed by atoms with E-state index in [2.05, 4.69) is 5.32 Å². The van der Waals surface area contributed by atoms with Gasteiger partial charge in [0.1, 0.15) is 0 Å². The number of hydrogen-bond acceptors (Lipinski definition) is 3. The van der Waals surface area contributed by atoms with Crippen molar-refractivity contribution < 1.29 is 14.7 Å². The summed E-state index contributed by atoms with van der Waals surface area (Å²) >= 11 is 0. The topological polar surface area (TPSA) is 69.6 Å². The molecular weight excluding hydrogens is 268 g/mol.